The van der Waals surface area contributed by atoms with Gasteiger partial charge in [-0.1, -0.05) is 18.2 Å². The summed E-state index contributed by atoms with van der Waals surface area (Å²) < 4.78 is 39.5. The van der Waals surface area contributed by atoms with Crippen LogP contribution in [0.4, 0.5) is 13.6 Å². The van der Waals surface area contributed by atoms with Gasteiger partial charge in [0, 0.05) is 17.1 Å². The SMILES string of the molecule is O=C(O)Oc1cccc2c1ccn2Cc1cc(F)ccc1OCc1ccc(F)cc1. The van der Waals surface area contributed by atoms with Crippen molar-refractivity contribution in [3.8, 4) is 11.5 Å². The fraction of sp³-hybridized carbons (Fsp3) is 0.0870. The van der Waals surface area contributed by atoms with Gasteiger partial charge in [-0.2, -0.15) is 0 Å². The molecule has 0 saturated carbocycles. The van der Waals surface area contributed by atoms with Crippen molar-refractivity contribution in [1.82, 2.24) is 4.57 Å². The highest BCUT2D eigenvalue weighted by atomic mass is 19.1. The molecule has 0 aliphatic rings. The number of benzene rings is 3. The molecule has 1 heterocycles. The minimum Gasteiger partial charge on any atom is -0.489 e. The lowest BCUT2D eigenvalue weighted by Gasteiger charge is -2.13. The summed E-state index contributed by atoms with van der Waals surface area (Å²) in [5, 5.41) is 9.53. The molecular weight excluding hydrogens is 392 g/mol. The summed E-state index contributed by atoms with van der Waals surface area (Å²) in [4.78, 5) is 10.9. The van der Waals surface area contributed by atoms with Crippen molar-refractivity contribution in [2.75, 3.05) is 0 Å². The second-order valence-corrected chi connectivity index (χ2v) is 6.67. The van der Waals surface area contributed by atoms with Gasteiger partial charge >= 0.3 is 6.16 Å². The average Bonchev–Trinajstić information content (AvgIpc) is 3.12. The molecular formula is C23H17F2NO4. The molecule has 0 aliphatic carbocycles. The van der Waals surface area contributed by atoms with Crippen LogP contribution in [-0.2, 0) is 13.2 Å². The first-order valence-electron chi connectivity index (χ1n) is 9.14. The Morgan fingerprint density at radius 3 is 2.47 bits per heavy atom. The predicted octanol–water partition coefficient (Wildman–Crippen LogP) is 5.60. The van der Waals surface area contributed by atoms with Gasteiger partial charge in [0.15, 0.2) is 0 Å². The zero-order valence-electron chi connectivity index (χ0n) is 15.7. The van der Waals surface area contributed by atoms with Crippen LogP contribution in [0.25, 0.3) is 10.9 Å². The highest BCUT2D eigenvalue weighted by Gasteiger charge is 2.12. The summed E-state index contributed by atoms with van der Waals surface area (Å²) in [5.74, 6) is 0.00346. The fourth-order valence-electron chi connectivity index (χ4n) is 3.25. The lowest BCUT2D eigenvalue weighted by Crippen LogP contribution is -2.05. The van der Waals surface area contributed by atoms with E-state index in [-0.39, 0.29) is 18.2 Å². The molecule has 4 aromatic rings. The van der Waals surface area contributed by atoms with Crippen molar-refractivity contribution in [3.05, 3.63) is 95.7 Å². The summed E-state index contributed by atoms with van der Waals surface area (Å²) in [7, 11) is 0. The van der Waals surface area contributed by atoms with Crippen molar-refractivity contribution < 1.29 is 28.2 Å². The van der Waals surface area contributed by atoms with Crippen molar-refractivity contribution >= 4 is 17.1 Å². The Morgan fingerprint density at radius 2 is 1.70 bits per heavy atom. The molecule has 4 rings (SSSR count). The second kappa shape index (κ2) is 8.24. The highest BCUT2D eigenvalue weighted by molar-refractivity contribution is 5.88. The molecule has 30 heavy (non-hydrogen) atoms. The number of aromatic nitrogens is 1. The normalized spacial score (nSPS) is 10.9. The molecule has 5 nitrogen and oxygen atoms in total. The monoisotopic (exact) mass is 409 g/mol. The third kappa shape index (κ3) is 4.25. The van der Waals surface area contributed by atoms with Crippen LogP contribution >= 0.6 is 0 Å². The minimum absolute atomic E-state index is 0.210. The van der Waals surface area contributed by atoms with E-state index in [1.807, 2.05) is 10.6 Å². The molecule has 0 aliphatic heterocycles. The van der Waals surface area contributed by atoms with Crippen LogP contribution in [0, 0.1) is 11.6 Å². The van der Waals surface area contributed by atoms with Crippen molar-refractivity contribution in [2.45, 2.75) is 13.2 Å². The first-order chi connectivity index (χ1) is 14.5. The largest absolute Gasteiger partial charge is 0.511 e. The zero-order valence-corrected chi connectivity index (χ0v) is 15.7. The van der Waals surface area contributed by atoms with Crippen LogP contribution in [0.2, 0.25) is 0 Å². The molecule has 0 unspecified atom stereocenters. The maximum Gasteiger partial charge on any atom is 0.511 e. The standard InChI is InChI=1S/C23H17F2NO4/c24-17-6-4-15(5-7-17)14-29-21-9-8-18(25)12-16(21)13-26-11-10-19-20(26)2-1-3-22(19)30-23(27)28/h1-12H,13-14H2,(H,27,28). The molecule has 0 radical (unpaired) electrons. The number of carbonyl (C=O) groups is 1. The van der Waals surface area contributed by atoms with E-state index in [1.54, 1.807) is 42.6 Å². The number of nitrogens with zero attached hydrogens (tertiary/aromatic N) is 1. The van der Waals surface area contributed by atoms with Gasteiger partial charge in [0.05, 0.1) is 12.1 Å². The van der Waals surface area contributed by atoms with Gasteiger partial charge in [0.25, 0.3) is 0 Å². The van der Waals surface area contributed by atoms with E-state index in [0.717, 1.165) is 11.1 Å². The summed E-state index contributed by atoms with van der Waals surface area (Å²) in [6.45, 7) is 0.512. The quantitative estimate of drug-likeness (QED) is 0.332. The lowest BCUT2D eigenvalue weighted by atomic mass is 10.1. The molecule has 0 fully saturated rings. The molecule has 0 bridgehead atoms. The molecule has 0 saturated heterocycles. The smallest absolute Gasteiger partial charge is 0.489 e. The highest BCUT2D eigenvalue weighted by Crippen LogP contribution is 2.29. The van der Waals surface area contributed by atoms with Gasteiger partial charge in [-0.15, -0.1) is 0 Å². The molecule has 0 spiro atoms. The Kier molecular flexibility index (Phi) is 5.34. The Bertz CT molecular complexity index is 1200. The second-order valence-electron chi connectivity index (χ2n) is 6.67. The van der Waals surface area contributed by atoms with E-state index in [9.17, 15) is 13.6 Å². The van der Waals surface area contributed by atoms with E-state index in [2.05, 4.69) is 0 Å². The average molecular weight is 409 g/mol. The van der Waals surface area contributed by atoms with E-state index in [4.69, 9.17) is 14.6 Å². The summed E-state index contributed by atoms with van der Waals surface area (Å²) in [6.07, 6.45) is 0.380. The van der Waals surface area contributed by atoms with Gasteiger partial charge in [0.2, 0.25) is 0 Å². The van der Waals surface area contributed by atoms with Gasteiger partial charge in [0.1, 0.15) is 29.7 Å². The fourth-order valence-corrected chi connectivity index (χ4v) is 3.25. The number of ether oxygens (including phenoxy) is 2. The Labute approximate surface area is 170 Å². The van der Waals surface area contributed by atoms with Crippen LogP contribution < -0.4 is 9.47 Å². The minimum atomic E-state index is -1.39. The third-order valence-electron chi connectivity index (χ3n) is 4.64. The predicted molar refractivity (Wildman–Crippen MR) is 107 cm³/mol. The topological polar surface area (TPSA) is 60.7 Å². The Hall–Kier alpha value is -3.87. The molecule has 7 heteroatoms. The maximum absolute atomic E-state index is 13.9. The molecule has 0 amide bonds. The third-order valence-corrected chi connectivity index (χ3v) is 4.64. The zero-order chi connectivity index (χ0) is 21.1. The number of rotatable bonds is 6. The van der Waals surface area contributed by atoms with Crippen molar-refractivity contribution in [1.29, 1.82) is 0 Å². The van der Waals surface area contributed by atoms with E-state index >= 15 is 0 Å². The van der Waals surface area contributed by atoms with E-state index in [1.165, 1.54) is 24.3 Å². The van der Waals surface area contributed by atoms with E-state index in [0.29, 0.717) is 23.2 Å². The van der Waals surface area contributed by atoms with Crippen LogP contribution in [0.1, 0.15) is 11.1 Å². The van der Waals surface area contributed by atoms with Crippen LogP contribution in [-0.4, -0.2) is 15.8 Å². The molecule has 1 N–H and O–H groups in total. The first kappa shape index (κ1) is 19.4. The molecule has 0 atom stereocenters. The number of halogens is 2. The van der Waals surface area contributed by atoms with Gasteiger partial charge < -0.3 is 19.1 Å². The van der Waals surface area contributed by atoms with Crippen LogP contribution in [0.15, 0.2) is 72.9 Å². The number of hydrogen-bond donors (Lipinski definition) is 1. The summed E-state index contributed by atoms with van der Waals surface area (Å²) in [5.41, 5.74) is 2.13. The number of carboxylic acid groups (broad SMARTS) is 1. The van der Waals surface area contributed by atoms with Crippen LogP contribution in [0.3, 0.4) is 0 Å². The lowest BCUT2D eigenvalue weighted by molar-refractivity contribution is 0.145. The Morgan fingerprint density at radius 1 is 0.933 bits per heavy atom. The first-order valence-corrected chi connectivity index (χ1v) is 9.14. The van der Waals surface area contributed by atoms with E-state index < -0.39 is 12.0 Å². The molecule has 152 valence electrons. The van der Waals surface area contributed by atoms with Gasteiger partial charge in [-0.3, -0.25) is 0 Å². The van der Waals surface area contributed by atoms with Crippen LogP contribution in [0.5, 0.6) is 11.5 Å². The number of hydrogen-bond acceptors (Lipinski definition) is 3. The maximum atomic E-state index is 13.9. The Balaban J connectivity index is 1.60. The number of fused-ring (bicyclic) bond motifs is 1. The summed E-state index contributed by atoms with van der Waals surface area (Å²) >= 11 is 0. The van der Waals surface area contributed by atoms with Crippen molar-refractivity contribution in [3.63, 3.8) is 0 Å². The van der Waals surface area contributed by atoms with Gasteiger partial charge in [-0.05, 0) is 54.1 Å². The summed E-state index contributed by atoms with van der Waals surface area (Å²) in [6, 6.07) is 17.0. The van der Waals surface area contributed by atoms with Gasteiger partial charge in [-0.25, -0.2) is 13.6 Å². The molecule has 3 aromatic carbocycles. The van der Waals surface area contributed by atoms with Crippen molar-refractivity contribution in [2.24, 2.45) is 0 Å². The molecule has 1 aromatic heterocycles.